The van der Waals surface area contributed by atoms with Gasteiger partial charge in [0.05, 0.1) is 0 Å². The third-order valence-corrected chi connectivity index (χ3v) is 40.5. The number of hydrogen-bond donors (Lipinski definition) is 0. The van der Waals surface area contributed by atoms with E-state index in [-0.39, 0.29) is 0 Å². The third kappa shape index (κ3) is 4.59. The molecule has 54 heavy (non-hydrogen) atoms. The van der Waals surface area contributed by atoms with Crippen LogP contribution in [-0.2, 0) is 20.1 Å². The number of benzene rings is 6. The van der Waals surface area contributed by atoms with E-state index >= 15 is 0 Å². The van der Waals surface area contributed by atoms with E-state index in [1.165, 1.54) is 91.8 Å². The molecule has 4 heteroatoms. The monoisotopic (exact) mass is 878 g/mol. The molecule has 260 valence electrons. The summed E-state index contributed by atoms with van der Waals surface area (Å²) in [7, 11) is 0. The van der Waals surface area contributed by atoms with E-state index in [1.54, 1.807) is 11.1 Å². The van der Waals surface area contributed by atoms with E-state index in [9.17, 15) is 0 Å². The van der Waals surface area contributed by atoms with Crippen molar-refractivity contribution >= 4 is 61.3 Å². The van der Waals surface area contributed by atoms with Crippen molar-refractivity contribution < 1.29 is 20.1 Å². The molecule has 4 aliphatic carbocycles. The Morgan fingerprint density at radius 3 is 1.13 bits per heavy atom. The van der Waals surface area contributed by atoms with Crippen molar-refractivity contribution in [1.29, 1.82) is 0 Å². The fourth-order valence-electron chi connectivity index (χ4n) is 10.6. The molecule has 0 spiro atoms. The van der Waals surface area contributed by atoms with Crippen molar-refractivity contribution in [3.63, 3.8) is 0 Å². The van der Waals surface area contributed by atoms with Gasteiger partial charge in [0.25, 0.3) is 0 Å². The van der Waals surface area contributed by atoms with E-state index in [1.807, 2.05) is 11.1 Å². The average Bonchev–Trinajstić information content (AvgIpc) is 4.11. The van der Waals surface area contributed by atoms with Crippen LogP contribution in [0.25, 0.3) is 67.1 Å². The average molecular weight is 877 g/mol. The molecule has 0 aliphatic heterocycles. The topological polar surface area (TPSA) is 9.86 Å². The van der Waals surface area contributed by atoms with Crippen LogP contribution in [0.5, 0.6) is 0 Å². The van der Waals surface area contributed by atoms with Crippen molar-refractivity contribution in [3.05, 3.63) is 167 Å². The second-order valence-electron chi connectivity index (χ2n) is 16.5. The number of rotatable bonds is 6. The van der Waals surface area contributed by atoms with Crippen LogP contribution in [0.1, 0.15) is 55.3 Å². The molecule has 2 atom stereocenters. The Hall–Kier alpha value is -4.51. The fraction of sp³-hybridized carbons (Fsp3) is 0.200. The Bertz CT molecular complexity index is 2690. The summed E-state index contributed by atoms with van der Waals surface area (Å²) < 4.78 is 6.48. The molecule has 0 bridgehead atoms. The molecule has 2 aromatic heterocycles. The zero-order valence-corrected chi connectivity index (χ0v) is 35.5. The summed E-state index contributed by atoms with van der Waals surface area (Å²) in [5.41, 5.74) is 17.4. The summed E-state index contributed by atoms with van der Waals surface area (Å²) in [4.78, 5) is 0. The number of fused-ring (bicyclic) bond motifs is 8. The van der Waals surface area contributed by atoms with E-state index in [0.717, 1.165) is 11.8 Å². The van der Waals surface area contributed by atoms with Crippen molar-refractivity contribution in [1.82, 2.24) is 9.13 Å². The van der Waals surface area contributed by atoms with Crippen molar-refractivity contribution in [2.24, 2.45) is 11.8 Å². The molecular weight excluding hydrogens is 835 g/mol. The second kappa shape index (κ2) is 12.0. The minimum atomic E-state index is -2.58. The zero-order valence-electron chi connectivity index (χ0n) is 30.9. The normalized spacial score (nSPS) is 19.1. The van der Waals surface area contributed by atoms with Crippen molar-refractivity contribution in [2.75, 3.05) is 0 Å². The maximum absolute atomic E-state index is 2.73. The van der Waals surface area contributed by atoms with Gasteiger partial charge in [-0.15, -0.1) is 0 Å². The first-order chi connectivity index (χ1) is 26.7. The van der Waals surface area contributed by atoms with Crippen molar-refractivity contribution in [2.45, 2.75) is 46.1 Å². The van der Waals surface area contributed by atoms with Crippen LogP contribution in [-0.4, -0.2) is 14.6 Å². The number of hydrogen-bond acceptors (Lipinski definition) is 0. The minimum absolute atomic E-state index is 0.549. The Morgan fingerprint density at radius 1 is 0.444 bits per heavy atom. The van der Waals surface area contributed by atoms with Gasteiger partial charge in [0, 0.05) is 0 Å². The summed E-state index contributed by atoms with van der Waals surface area (Å²) >= 11 is -2.58. The van der Waals surface area contributed by atoms with Gasteiger partial charge in [-0.05, 0) is 0 Å². The van der Waals surface area contributed by atoms with Gasteiger partial charge < -0.3 is 0 Å². The molecule has 2 heterocycles. The molecule has 2 saturated carbocycles. The van der Waals surface area contributed by atoms with Crippen LogP contribution < -0.4 is 0 Å². The summed E-state index contributed by atoms with van der Waals surface area (Å²) in [6.45, 7) is 5.43. The summed E-state index contributed by atoms with van der Waals surface area (Å²) in [6.07, 6.45) is 10.9. The van der Waals surface area contributed by atoms with Gasteiger partial charge in [-0.3, -0.25) is 0 Å². The maximum atomic E-state index is 2.73. The molecule has 0 N–H and O–H groups in total. The van der Waals surface area contributed by atoms with E-state index in [2.05, 4.69) is 168 Å². The molecule has 2 unspecified atom stereocenters. The zero-order chi connectivity index (χ0) is 35.7. The number of nitrogens with zero attached hydrogens (tertiary/aromatic N) is 2. The molecule has 2 fully saturated rings. The molecule has 8 aromatic rings. The summed E-state index contributed by atoms with van der Waals surface area (Å²) in [5, 5.41) is 5.38. The van der Waals surface area contributed by atoms with Crippen LogP contribution in [0.2, 0.25) is 13.1 Å². The van der Waals surface area contributed by atoms with Gasteiger partial charge in [0.1, 0.15) is 0 Å². The molecule has 6 aromatic carbocycles. The van der Waals surface area contributed by atoms with Crippen molar-refractivity contribution in [3.8, 4) is 11.4 Å². The quantitative estimate of drug-likeness (QED) is 0.147. The Labute approximate surface area is 324 Å². The first kappa shape index (κ1) is 31.8. The molecule has 2 nitrogen and oxygen atoms in total. The molecular formula is C50H42HfN2Si. The molecule has 0 amide bonds. The first-order valence-electron chi connectivity index (χ1n) is 20.0. The molecule has 4 aliphatic rings. The van der Waals surface area contributed by atoms with Crippen LogP contribution >= 0.6 is 0 Å². The van der Waals surface area contributed by atoms with Crippen LogP contribution in [0, 0.1) is 11.8 Å². The molecule has 0 saturated heterocycles. The number of para-hydroxylation sites is 4. The Kier molecular flexibility index (Phi) is 7.06. The van der Waals surface area contributed by atoms with Gasteiger partial charge >= 0.3 is 327 Å². The van der Waals surface area contributed by atoms with Crippen LogP contribution in [0.15, 0.2) is 145 Å². The summed E-state index contributed by atoms with van der Waals surface area (Å²) in [6, 6.07) is 50.9. The summed E-state index contributed by atoms with van der Waals surface area (Å²) in [5.74, 6) is 1.51. The first-order valence-corrected chi connectivity index (χ1v) is 32.0. The van der Waals surface area contributed by atoms with Crippen LogP contribution in [0.3, 0.4) is 0 Å². The van der Waals surface area contributed by atoms with E-state index < -0.39 is 25.6 Å². The van der Waals surface area contributed by atoms with Gasteiger partial charge in [-0.25, -0.2) is 0 Å². The third-order valence-electron chi connectivity index (χ3n) is 13.1. The van der Waals surface area contributed by atoms with E-state index in [4.69, 9.17) is 0 Å². The van der Waals surface area contributed by atoms with Gasteiger partial charge in [0.15, 0.2) is 0 Å². The van der Waals surface area contributed by atoms with Crippen LogP contribution in [0.4, 0.5) is 0 Å². The van der Waals surface area contributed by atoms with Gasteiger partial charge in [0.2, 0.25) is 0 Å². The standard InChI is InChI=1S/2C24H18N.C2H6Si.Hf/c2*1-3-9-22-19(7-1)20-8-2-4-10-23(20)25(22)24-11-5-6-17-14-18(15-21(17)24)16-12-13-16;1-3-2;/h2*1-11,14-16H,12-13H2;1-2H3;. The Morgan fingerprint density at radius 2 is 0.796 bits per heavy atom. The fourth-order valence-corrected chi connectivity index (χ4v) is 39.7. The number of allylic oxidation sites excluding steroid dienone is 2. The Balaban J connectivity index is 1.07. The molecule has 12 rings (SSSR count). The van der Waals surface area contributed by atoms with Gasteiger partial charge in [-0.2, -0.15) is 0 Å². The predicted octanol–water partition coefficient (Wildman–Crippen LogP) is 13.1. The van der Waals surface area contributed by atoms with Gasteiger partial charge in [-0.1, -0.05) is 0 Å². The SMILES string of the molecule is C[Si](C)=[Hf]([CH]1C(C2CC2)=Cc2c1cccc2-n1c2ccccc2c2ccccc21)[CH]1C(C2CC2)=Cc2c1cccc2-n1c2ccccc2c2ccccc21. The second-order valence-corrected chi connectivity index (χ2v) is 41.4. The predicted molar refractivity (Wildman–Crippen MR) is 226 cm³/mol. The number of aromatic nitrogens is 2. The van der Waals surface area contributed by atoms with E-state index in [0.29, 0.717) is 7.35 Å². The molecule has 0 radical (unpaired) electrons.